The molecule has 19 heavy (non-hydrogen) atoms. The molecule has 2 nitrogen and oxygen atoms in total. The van der Waals surface area contributed by atoms with Gasteiger partial charge in [-0.25, -0.2) is 0 Å². The van der Waals surface area contributed by atoms with Crippen LogP contribution in [0.5, 0.6) is 0 Å². The average Bonchev–Trinajstić information content (AvgIpc) is 2.40. The van der Waals surface area contributed by atoms with Crippen molar-refractivity contribution in [3.05, 3.63) is 33.8 Å². The van der Waals surface area contributed by atoms with Crippen LogP contribution in [0.1, 0.15) is 42.6 Å². The summed E-state index contributed by atoms with van der Waals surface area (Å²) in [5.41, 5.74) is 1.77. The Morgan fingerprint density at radius 2 is 1.95 bits per heavy atom. The SMILES string of the molecule is CCC(CC)C(Br)CNC(=O)c1cccc(C)c1Br. The first-order valence-corrected chi connectivity index (χ1v) is 8.39. The van der Waals surface area contributed by atoms with Crippen molar-refractivity contribution in [1.82, 2.24) is 5.32 Å². The third kappa shape index (κ3) is 4.60. The Bertz CT molecular complexity index is 430. The molecule has 1 aromatic carbocycles. The number of rotatable bonds is 6. The standard InChI is InChI=1S/C15H21Br2NO/c1-4-11(5-2)13(16)9-18-15(19)12-8-6-7-10(3)14(12)17/h6-8,11,13H,4-5,9H2,1-3H3,(H,18,19). The highest BCUT2D eigenvalue weighted by Gasteiger charge is 2.17. The number of amides is 1. The van der Waals surface area contributed by atoms with Crippen LogP contribution >= 0.6 is 31.9 Å². The molecule has 0 saturated carbocycles. The molecule has 1 aromatic rings. The molecule has 0 aromatic heterocycles. The first kappa shape index (κ1) is 16.7. The summed E-state index contributed by atoms with van der Waals surface area (Å²) in [7, 11) is 0. The van der Waals surface area contributed by atoms with E-state index < -0.39 is 0 Å². The predicted molar refractivity (Wildman–Crippen MR) is 88.0 cm³/mol. The zero-order chi connectivity index (χ0) is 14.4. The molecule has 4 heteroatoms. The molecule has 1 amide bonds. The van der Waals surface area contributed by atoms with Crippen molar-refractivity contribution in [2.75, 3.05) is 6.54 Å². The van der Waals surface area contributed by atoms with Gasteiger partial charge in [0, 0.05) is 15.8 Å². The lowest BCUT2D eigenvalue weighted by Crippen LogP contribution is -2.33. The fourth-order valence-electron chi connectivity index (χ4n) is 2.08. The molecule has 1 rings (SSSR count). The molecule has 1 atom stereocenters. The Kier molecular flexibility index (Phi) is 7.08. The summed E-state index contributed by atoms with van der Waals surface area (Å²) in [6.45, 7) is 7.01. The molecule has 0 heterocycles. The van der Waals surface area contributed by atoms with Crippen LogP contribution < -0.4 is 5.32 Å². The quantitative estimate of drug-likeness (QED) is 0.701. The number of hydrogen-bond donors (Lipinski definition) is 1. The summed E-state index contributed by atoms with van der Waals surface area (Å²) in [4.78, 5) is 12.5. The Balaban J connectivity index is 2.63. The van der Waals surface area contributed by atoms with E-state index in [1.165, 1.54) is 0 Å². The number of halogens is 2. The number of carbonyl (C=O) groups excluding carboxylic acids is 1. The first-order chi connectivity index (χ1) is 9.01. The van der Waals surface area contributed by atoms with E-state index in [4.69, 9.17) is 0 Å². The summed E-state index contributed by atoms with van der Waals surface area (Å²) in [5.74, 6) is 0.576. The van der Waals surface area contributed by atoms with Gasteiger partial charge in [0.1, 0.15) is 0 Å². The van der Waals surface area contributed by atoms with E-state index in [-0.39, 0.29) is 5.91 Å². The highest BCUT2D eigenvalue weighted by Crippen LogP contribution is 2.22. The number of benzene rings is 1. The molecule has 0 aliphatic heterocycles. The van der Waals surface area contributed by atoms with E-state index in [2.05, 4.69) is 51.0 Å². The average molecular weight is 391 g/mol. The predicted octanol–water partition coefficient (Wildman–Crippen LogP) is 4.69. The summed E-state index contributed by atoms with van der Waals surface area (Å²) >= 11 is 7.14. The molecule has 0 aliphatic rings. The van der Waals surface area contributed by atoms with Crippen LogP contribution in [-0.2, 0) is 0 Å². The van der Waals surface area contributed by atoms with Crippen LogP contribution in [0.3, 0.4) is 0 Å². The van der Waals surface area contributed by atoms with Crippen molar-refractivity contribution in [2.24, 2.45) is 5.92 Å². The maximum Gasteiger partial charge on any atom is 0.252 e. The second-order valence-electron chi connectivity index (χ2n) is 4.74. The number of alkyl halides is 1. The van der Waals surface area contributed by atoms with Crippen LogP contribution in [0.25, 0.3) is 0 Å². The highest BCUT2D eigenvalue weighted by atomic mass is 79.9. The maximum atomic E-state index is 12.2. The van der Waals surface area contributed by atoms with Gasteiger partial charge in [0.25, 0.3) is 5.91 Å². The third-order valence-electron chi connectivity index (χ3n) is 3.45. The summed E-state index contributed by atoms with van der Waals surface area (Å²) in [5, 5.41) is 3.00. The van der Waals surface area contributed by atoms with Gasteiger partial charge in [-0.1, -0.05) is 54.8 Å². The van der Waals surface area contributed by atoms with Crippen molar-refractivity contribution in [3.63, 3.8) is 0 Å². The molecule has 1 unspecified atom stereocenters. The molecule has 0 spiro atoms. The van der Waals surface area contributed by atoms with E-state index in [9.17, 15) is 4.79 Å². The topological polar surface area (TPSA) is 29.1 Å². The zero-order valence-electron chi connectivity index (χ0n) is 11.7. The molecule has 0 fully saturated rings. The summed E-state index contributed by atoms with van der Waals surface area (Å²) in [6.07, 6.45) is 2.24. The van der Waals surface area contributed by atoms with Gasteiger partial charge in [-0.2, -0.15) is 0 Å². The number of aryl methyl sites for hydroxylation is 1. The Morgan fingerprint density at radius 1 is 1.32 bits per heavy atom. The Morgan fingerprint density at radius 3 is 2.53 bits per heavy atom. The minimum Gasteiger partial charge on any atom is -0.351 e. The molecule has 0 bridgehead atoms. The van der Waals surface area contributed by atoms with Crippen LogP contribution in [0.2, 0.25) is 0 Å². The van der Waals surface area contributed by atoms with Crippen molar-refractivity contribution >= 4 is 37.8 Å². The van der Waals surface area contributed by atoms with Crippen molar-refractivity contribution in [3.8, 4) is 0 Å². The molecule has 0 saturated heterocycles. The van der Waals surface area contributed by atoms with Gasteiger partial charge in [0.2, 0.25) is 0 Å². The van der Waals surface area contributed by atoms with Gasteiger partial charge in [-0.3, -0.25) is 4.79 Å². The van der Waals surface area contributed by atoms with E-state index in [1.54, 1.807) is 0 Å². The third-order valence-corrected chi connectivity index (χ3v) is 5.58. The van der Waals surface area contributed by atoms with Gasteiger partial charge in [0.05, 0.1) is 5.56 Å². The van der Waals surface area contributed by atoms with Crippen molar-refractivity contribution in [2.45, 2.75) is 38.4 Å². The van der Waals surface area contributed by atoms with Gasteiger partial charge in [-0.05, 0) is 40.4 Å². The molecule has 1 N–H and O–H groups in total. The van der Waals surface area contributed by atoms with Gasteiger partial charge >= 0.3 is 0 Å². The van der Waals surface area contributed by atoms with Crippen molar-refractivity contribution in [1.29, 1.82) is 0 Å². The van der Waals surface area contributed by atoms with Gasteiger partial charge < -0.3 is 5.32 Å². The Hall–Kier alpha value is -0.350. The number of carbonyl (C=O) groups is 1. The lowest BCUT2D eigenvalue weighted by atomic mass is 9.99. The maximum absolute atomic E-state index is 12.2. The highest BCUT2D eigenvalue weighted by molar-refractivity contribution is 9.10. The second-order valence-corrected chi connectivity index (χ2v) is 6.71. The smallest absolute Gasteiger partial charge is 0.252 e. The van der Waals surface area contributed by atoms with E-state index >= 15 is 0 Å². The normalized spacial score (nSPS) is 12.5. The molecule has 0 radical (unpaired) electrons. The lowest BCUT2D eigenvalue weighted by Gasteiger charge is -2.20. The van der Waals surface area contributed by atoms with Crippen LogP contribution in [0, 0.1) is 12.8 Å². The van der Waals surface area contributed by atoms with Crippen LogP contribution in [0.15, 0.2) is 22.7 Å². The molecule has 106 valence electrons. The summed E-state index contributed by atoms with van der Waals surface area (Å²) in [6, 6.07) is 5.73. The van der Waals surface area contributed by atoms with E-state index in [0.717, 1.165) is 22.9 Å². The molecule has 0 aliphatic carbocycles. The van der Waals surface area contributed by atoms with Crippen LogP contribution in [0.4, 0.5) is 0 Å². The van der Waals surface area contributed by atoms with Crippen molar-refractivity contribution < 1.29 is 4.79 Å². The number of nitrogens with one attached hydrogen (secondary N) is 1. The summed E-state index contributed by atoms with van der Waals surface area (Å²) < 4.78 is 0.876. The lowest BCUT2D eigenvalue weighted by molar-refractivity contribution is 0.0951. The first-order valence-electron chi connectivity index (χ1n) is 6.68. The fraction of sp³-hybridized carbons (Fsp3) is 0.533. The van der Waals surface area contributed by atoms with Gasteiger partial charge in [0.15, 0.2) is 0 Å². The minimum atomic E-state index is -0.0222. The largest absolute Gasteiger partial charge is 0.351 e. The fourth-order valence-corrected chi connectivity index (χ4v) is 3.43. The number of hydrogen-bond acceptors (Lipinski definition) is 1. The van der Waals surface area contributed by atoms with E-state index in [1.807, 2.05) is 25.1 Å². The van der Waals surface area contributed by atoms with E-state index in [0.29, 0.717) is 22.9 Å². The monoisotopic (exact) mass is 389 g/mol. The molecular weight excluding hydrogens is 370 g/mol. The zero-order valence-corrected chi connectivity index (χ0v) is 14.8. The van der Waals surface area contributed by atoms with Crippen LogP contribution in [-0.4, -0.2) is 17.3 Å². The second kappa shape index (κ2) is 8.05. The minimum absolute atomic E-state index is 0.0222. The Labute approximate surface area is 132 Å². The van der Waals surface area contributed by atoms with Gasteiger partial charge in [-0.15, -0.1) is 0 Å². The molecular formula is C15H21Br2NO.